The van der Waals surface area contributed by atoms with Gasteiger partial charge in [-0.05, 0) is 33.6 Å². The third kappa shape index (κ3) is 2.98. The molecule has 1 aliphatic heterocycles. The first-order valence-corrected chi connectivity index (χ1v) is 5.56. The molecule has 0 aromatic heterocycles. The van der Waals surface area contributed by atoms with E-state index in [1.807, 2.05) is 6.92 Å². The van der Waals surface area contributed by atoms with Crippen LogP contribution in [-0.2, 0) is 9.53 Å². The molecule has 0 N–H and O–H groups in total. The highest BCUT2D eigenvalue weighted by Gasteiger charge is 2.26. The molecule has 2 atom stereocenters. The predicted molar refractivity (Wildman–Crippen MR) is 56.1 cm³/mol. The van der Waals surface area contributed by atoms with Crippen LogP contribution in [-0.4, -0.2) is 36.1 Å². The molecule has 82 valence electrons. The maximum Gasteiger partial charge on any atom is 0.320 e. The fraction of sp³-hybridized carbons (Fsp3) is 0.909. The van der Waals surface area contributed by atoms with Crippen LogP contribution in [0.15, 0.2) is 0 Å². The van der Waals surface area contributed by atoms with Crippen molar-refractivity contribution in [2.45, 2.75) is 52.1 Å². The van der Waals surface area contributed by atoms with Crippen molar-refractivity contribution in [2.24, 2.45) is 0 Å². The Hall–Kier alpha value is -0.570. The Morgan fingerprint density at radius 2 is 1.93 bits per heavy atom. The van der Waals surface area contributed by atoms with E-state index in [1.165, 1.54) is 19.3 Å². The molecule has 1 fully saturated rings. The van der Waals surface area contributed by atoms with Crippen LogP contribution in [0.25, 0.3) is 0 Å². The van der Waals surface area contributed by atoms with Crippen LogP contribution in [0.5, 0.6) is 0 Å². The van der Waals surface area contributed by atoms with Crippen LogP contribution in [0.2, 0.25) is 0 Å². The number of nitrogens with zero attached hydrogens (tertiary/aromatic N) is 1. The summed E-state index contributed by atoms with van der Waals surface area (Å²) >= 11 is 0. The molecular weight excluding hydrogens is 178 g/mol. The van der Waals surface area contributed by atoms with Crippen LogP contribution in [0.4, 0.5) is 0 Å². The standard InChI is InChI=1S/C11H21NO2/c1-4-14-11(13)8-12-9(2)6-5-7-10(12)3/h9-10H,4-8H2,1-3H3/t9-,10-/m1/s1. The number of carbonyl (C=O) groups excluding carboxylic acids is 1. The van der Waals surface area contributed by atoms with Gasteiger partial charge in [0.2, 0.25) is 0 Å². The van der Waals surface area contributed by atoms with Crippen LogP contribution < -0.4 is 0 Å². The lowest BCUT2D eigenvalue weighted by Crippen LogP contribution is -2.46. The maximum absolute atomic E-state index is 11.3. The van der Waals surface area contributed by atoms with E-state index in [1.54, 1.807) is 0 Å². The molecule has 3 nitrogen and oxygen atoms in total. The van der Waals surface area contributed by atoms with E-state index in [4.69, 9.17) is 4.74 Å². The summed E-state index contributed by atoms with van der Waals surface area (Å²) in [4.78, 5) is 13.6. The zero-order chi connectivity index (χ0) is 10.6. The third-order valence-electron chi connectivity index (χ3n) is 2.99. The molecule has 0 unspecified atom stereocenters. The van der Waals surface area contributed by atoms with Crippen LogP contribution >= 0.6 is 0 Å². The Labute approximate surface area is 86.4 Å². The van der Waals surface area contributed by atoms with E-state index < -0.39 is 0 Å². The van der Waals surface area contributed by atoms with Gasteiger partial charge in [-0.1, -0.05) is 6.42 Å². The Balaban J connectivity index is 2.43. The van der Waals surface area contributed by atoms with Gasteiger partial charge in [-0.3, -0.25) is 9.69 Å². The molecule has 1 saturated heterocycles. The summed E-state index contributed by atoms with van der Waals surface area (Å²) < 4.78 is 4.96. The van der Waals surface area contributed by atoms with E-state index in [-0.39, 0.29) is 5.97 Å². The number of likely N-dealkylation sites (tertiary alicyclic amines) is 1. The first-order chi connectivity index (χ1) is 6.65. The van der Waals surface area contributed by atoms with Gasteiger partial charge in [-0.25, -0.2) is 0 Å². The number of piperidine rings is 1. The molecule has 0 spiro atoms. The highest BCUT2D eigenvalue weighted by molar-refractivity contribution is 5.71. The lowest BCUT2D eigenvalue weighted by Gasteiger charge is -2.38. The predicted octanol–water partition coefficient (Wildman–Crippen LogP) is 1.81. The lowest BCUT2D eigenvalue weighted by molar-refractivity contribution is -0.146. The molecule has 0 radical (unpaired) electrons. The molecule has 0 amide bonds. The molecule has 0 aromatic carbocycles. The molecular formula is C11H21NO2. The number of hydrogen-bond donors (Lipinski definition) is 0. The molecule has 3 heteroatoms. The minimum absolute atomic E-state index is 0.0897. The second-order valence-electron chi connectivity index (χ2n) is 4.11. The topological polar surface area (TPSA) is 29.5 Å². The third-order valence-corrected chi connectivity index (χ3v) is 2.99. The van der Waals surface area contributed by atoms with Crippen molar-refractivity contribution in [3.63, 3.8) is 0 Å². The monoisotopic (exact) mass is 199 g/mol. The van der Waals surface area contributed by atoms with E-state index in [0.717, 1.165) is 0 Å². The van der Waals surface area contributed by atoms with Crippen LogP contribution in [0.3, 0.4) is 0 Å². The zero-order valence-electron chi connectivity index (χ0n) is 9.45. The fourth-order valence-electron chi connectivity index (χ4n) is 2.14. The van der Waals surface area contributed by atoms with Crippen molar-refractivity contribution in [2.75, 3.05) is 13.2 Å². The Kier molecular flexibility index (Phi) is 4.39. The molecule has 1 rings (SSSR count). The highest BCUT2D eigenvalue weighted by atomic mass is 16.5. The van der Waals surface area contributed by atoms with Gasteiger partial charge >= 0.3 is 5.97 Å². The van der Waals surface area contributed by atoms with Gasteiger partial charge in [0.1, 0.15) is 0 Å². The first-order valence-electron chi connectivity index (χ1n) is 5.56. The number of carbonyl (C=O) groups is 1. The minimum atomic E-state index is -0.0897. The zero-order valence-corrected chi connectivity index (χ0v) is 9.45. The summed E-state index contributed by atoms with van der Waals surface area (Å²) in [6.45, 7) is 7.16. The van der Waals surface area contributed by atoms with Crippen molar-refractivity contribution in [1.82, 2.24) is 4.90 Å². The molecule has 1 heterocycles. The Bertz CT molecular complexity index is 184. The van der Waals surface area contributed by atoms with Crippen molar-refractivity contribution < 1.29 is 9.53 Å². The van der Waals surface area contributed by atoms with E-state index in [9.17, 15) is 4.79 Å². The van der Waals surface area contributed by atoms with Crippen molar-refractivity contribution in [3.05, 3.63) is 0 Å². The number of ether oxygens (including phenoxy) is 1. The van der Waals surface area contributed by atoms with E-state index in [2.05, 4.69) is 18.7 Å². The minimum Gasteiger partial charge on any atom is -0.465 e. The van der Waals surface area contributed by atoms with Gasteiger partial charge < -0.3 is 4.74 Å². The summed E-state index contributed by atoms with van der Waals surface area (Å²) in [6, 6.07) is 1.03. The SMILES string of the molecule is CCOC(=O)CN1[C@H](C)CCC[C@H]1C. The first kappa shape index (κ1) is 11.5. The largest absolute Gasteiger partial charge is 0.465 e. The van der Waals surface area contributed by atoms with Crippen LogP contribution in [0.1, 0.15) is 40.0 Å². The average molecular weight is 199 g/mol. The molecule has 0 aliphatic carbocycles. The second kappa shape index (κ2) is 5.35. The maximum atomic E-state index is 11.3. The van der Waals surface area contributed by atoms with Gasteiger partial charge in [0.05, 0.1) is 13.2 Å². The summed E-state index contributed by atoms with van der Waals surface area (Å²) in [6.07, 6.45) is 3.68. The summed E-state index contributed by atoms with van der Waals surface area (Å²) in [5.41, 5.74) is 0. The summed E-state index contributed by atoms with van der Waals surface area (Å²) in [5, 5.41) is 0. The average Bonchev–Trinajstić information content (AvgIpc) is 2.12. The number of esters is 1. The van der Waals surface area contributed by atoms with Gasteiger partial charge in [-0.15, -0.1) is 0 Å². The van der Waals surface area contributed by atoms with Crippen molar-refractivity contribution >= 4 is 5.97 Å². The molecule has 0 saturated carbocycles. The molecule has 14 heavy (non-hydrogen) atoms. The van der Waals surface area contributed by atoms with Crippen LogP contribution in [0, 0.1) is 0 Å². The molecule has 0 aromatic rings. The smallest absolute Gasteiger partial charge is 0.320 e. The fourth-order valence-corrected chi connectivity index (χ4v) is 2.14. The number of rotatable bonds is 3. The van der Waals surface area contributed by atoms with Gasteiger partial charge in [-0.2, -0.15) is 0 Å². The summed E-state index contributed by atoms with van der Waals surface area (Å²) in [7, 11) is 0. The van der Waals surface area contributed by atoms with Crippen molar-refractivity contribution in [3.8, 4) is 0 Å². The van der Waals surface area contributed by atoms with Gasteiger partial charge in [0.15, 0.2) is 0 Å². The van der Waals surface area contributed by atoms with E-state index in [0.29, 0.717) is 25.2 Å². The molecule has 1 aliphatic rings. The van der Waals surface area contributed by atoms with Crippen molar-refractivity contribution in [1.29, 1.82) is 0 Å². The quantitative estimate of drug-likeness (QED) is 0.649. The second-order valence-corrected chi connectivity index (χ2v) is 4.11. The summed E-state index contributed by atoms with van der Waals surface area (Å²) in [5.74, 6) is -0.0897. The Morgan fingerprint density at radius 3 is 2.43 bits per heavy atom. The highest BCUT2D eigenvalue weighted by Crippen LogP contribution is 2.21. The normalized spacial score (nSPS) is 28.8. The van der Waals surface area contributed by atoms with Gasteiger partial charge in [0, 0.05) is 12.1 Å². The van der Waals surface area contributed by atoms with Gasteiger partial charge in [0.25, 0.3) is 0 Å². The number of hydrogen-bond acceptors (Lipinski definition) is 3. The Morgan fingerprint density at radius 1 is 1.36 bits per heavy atom. The lowest BCUT2D eigenvalue weighted by atomic mass is 9.98. The van der Waals surface area contributed by atoms with E-state index >= 15 is 0 Å². The molecule has 0 bridgehead atoms.